The van der Waals surface area contributed by atoms with Gasteiger partial charge in [0.1, 0.15) is 56.9 Å². The van der Waals surface area contributed by atoms with Gasteiger partial charge >= 0.3 is 30.9 Å². The Morgan fingerprint density at radius 2 is 0.840 bits per heavy atom. The van der Waals surface area contributed by atoms with Crippen molar-refractivity contribution in [2.45, 2.75) is 88.4 Å². The number of aliphatic hydroxyl groups excluding tert-OH is 1. The Hall–Kier alpha value is -11.0. The second kappa shape index (κ2) is 41.9. The molecule has 0 bridgehead atoms. The zero-order valence-corrected chi connectivity index (χ0v) is 71.9. The molecule has 666 valence electrons. The van der Waals surface area contributed by atoms with Gasteiger partial charge in [0.2, 0.25) is 0 Å². The van der Waals surface area contributed by atoms with E-state index in [2.05, 4.69) is 46.3 Å². The summed E-state index contributed by atoms with van der Waals surface area (Å²) >= 11 is 11.4. The number of likely N-dealkylation sites (tertiary alicyclic amines) is 2. The summed E-state index contributed by atoms with van der Waals surface area (Å²) in [7, 11) is 7.92. The Morgan fingerprint density at radius 1 is 0.472 bits per heavy atom. The summed E-state index contributed by atoms with van der Waals surface area (Å²) in [5, 5.41) is 45.9. The van der Waals surface area contributed by atoms with Crippen LogP contribution in [0.4, 0.5) is 65.9 Å². The van der Waals surface area contributed by atoms with Gasteiger partial charge < -0.3 is 35.8 Å². The monoisotopic (exact) mass is 1870 g/mol. The highest BCUT2D eigenvalue weighted by molar-refractivity contribution is 7.18. The van der Waals surface area contributed by atoms with Crippen molar-refractivity contribution in [1.29, 1.82) is 5.26 Å². The Bertz CT molecular complexity index is 5720. The van der Waals surface area contributed by atoms with E-state index in [0.29, 0.717) is 80.0 Å². The first-order valence-electron chi connectivity index (χ1n) is 37.9. The molecule has 12 aromatic rings. The van der Waals surface area contributed by atoms with Crippen LogP contribution in [-0.2, 0) is 79.1 Å². The van der Waals surface area contributed by atoms with E-state index in [1.165, 1.54) is 54.1 Å². The molecule has 4 N–H and O–H groups in total. The molecule has 1 atom stereocenters. The van der Waals surface area contributed by atoms with E-state index >= 15 is 0 Å². The number of carbonyl (C=O) groups is 5. The van der Waals surface area contributed by atoms with Crippen LogP contribution in [0.1, 0.15) is 126 Å². The maximum atomic E-state index is 12.9. The largest absolute Gasteiger partial charge is 0.433 e. The predicted molar refractivity (Wildman–Crippen MR) is 444 cm³/mol. The summed E-state index contributed by atoms with van der Waals surface area (Å²) in [4.78, 5) is 71.6. The fourth-order valence-corrected chi connectivity index (χ4v) is 17.5. The second-order valence-electron chi connectivity index (χ2n) is 28.1. The fourth-order valence-electron chi connectivity index (χ4n) is 12.7. The van der Waals surface area contributed by atoms with Gasteiger partial charge in [-0.15, -0.1) is 56.7 Å². The summed E-state index contributed by atoms with van der Waals surface area (Å²) in [6, 6.07) is 39.5. The van der Waals surface area contributed by atoms with Gasteiger partial charge in [0.05, 0.1) is 73.9 Å². The molecular formula is C81H79ClF15N17O6S5. The normalized spacial score (nSPS) is 13.6. The molecule has 2 aromatic carbocycles. The molecule has 44 heteroatoms. The minimum absolute atomic E-state index is 0.0842. The quantitative estimate of drug-likeness (QED) is 0.0364. The average Bonchev–Trinajstić information content (AvgIpc) is 1.67. The van der Waals surface area contributed by atoms with Crippen molar-refractivity contribution < 1.29 is 94.9 Å². The molecule has 5 amide bonds. The van der Waals surface area contributed by atoms with Crippen LogP contribution in [0.15, 0.2) is 146 Å². The molecule has 14 rings (SSSR count). The number of rotatable bonds is 22. The number of carbonyl (C=O) groups excluding carboxylic acids is 5. The lowest BCUT2D eigenvalue weighted by Crippen LogP contribution is -2.37. The molecule has 1 unspecified atom stereocenters. The number of amides is 5. The number of thiophene rings is 5. The molecule has 0 aliphatic carbocycles. The summed E-state index contributed by atoms with van der Waals surface area (Å²) < 4.78 is 197. The highest BCUT2D eigenvalue weighted by Gasteiger charge is 2.40. The molecule has 2 aliphatic rings. The lowest BCUT2D eigenvalue weighted by Gasteiger charge is -2.22. The highest BCUT2D eigenvalue weighted by Crippen LogP contribution is 2.41. The van der Waals surface area contributed by atoms with Crippen LogP contribution >= 0.6 is 68.3 Å². The van der Waals surface area contributed by atoms with Gasteiger partial charge in [-0.1, -0.05) is 54.1 Å². The van der Waals surface area contributed by atoms with Crippen molar-refractivity contribution in [3.05, 3.63) is 215 Å². The van der Waals surface area contributed by atoms with Crippen molar-refractivity contribution in [1.82, 2.24) is 79.6 Å². The molecule has 0 spiro atoms. The first-order valence-corrected chi connectivity index (χ1v) is 42.4. The van der Waals surface area contributed by atoms with Crippen molar-refractivity contribution in [3.8, 4) is 58.9 Å². The number of alkyl halides is 15. The van der Waals surface area contributed by atoms with E-state index in [4.69, 9.17) is 16.9 Å². The van der Waals surface area contributed by atoms with E-state index in [1.807, 2.05) is 42.5 Å². The summed E-state index contributed by atoms with van der Waals surface area (Å²) in [6.45, 7) is 5.40. The average molecular weight is 1870 g/mol. The number of aromatic nitrogens is 10. The van der Waals surface area contributed by atoms with Crippen molar-refractivity contribution in [2.24, 2.45) is 35.2 Å². The predicted octanol–water partition coefficient (Wildman–Crippen LogP) is 18.2. The van der Waals surface area contributed by atoms with Gasteiger partial charge in [-0.25, -0.2) is 0 Å². The van der Waals surface area contributed by atoms with Gasteiger partial charge in [-0.2, -0.15) is 96.6 Å². The zero-order chi connectivity index (χ0) is 91.0. The first kappa shape index (κ1) is 96.2. The third-order valence-corrected chi connectivity index (χ3v) is 24.8. The van der Waals surface area contributed by atoms with Crippen molar-refractivity contribution in [2.75, 3.05) is 59.5 Å². The number of nitriles is 1. The van der Waals surface area contributed by atoms with Crippen LogP contribution in [-0.4, -0.2) is 164 Å². The number of likely N-dealkylation sites (N-methyl/N-ethyl adjacent to an activating group) is 1. The molecule has 0 radical (unpaired) electrons. The molecule has 23 nitrogen and oxygen atoms in total. The molecular weight excluding hydrogens is 1790 g/mol. The number of nitrogens with one attached hydrogen (secondary N) is 3. The third kappa shape index (κ3) is 26.1. The van der Waals surface area contributed by atoms with Gasteiger partial charge in [0, 0.05) is 80.0 Å². The lowest BCUT2D eigenvalue weighted by atomic mass is 10.1. The van der Waals surface area contributed by atoms with Crippen LogP contribution < -0.4 is 16.0 Å². The van der Waals surface area contributed by atoms with Gasteiger partial charge in [0.15, 0.2) is 0 Å². The zero-order valence-electron chi connectivity index (χ0n) is 67.1. The maximum absolute atomic E-state index is 12.9. The summed E-state index contributed by atoms with van der Waals surface area (Å²) in [5.74, 6) is -1.23. The number of aliphatic hydroxyl groups is 1. The second-order valence-corrected chi connectivity index (χ2v) is 33.9. The van der Waals surface area contributed by atoms with Gasteiger partial charge in [-0.3, -0.25) is 47.4 Å². The van der Waals surface area contributed by atoms with E-state index in [0.717, 1.165) is 167 Å². The Kier molecular flexibility index (Phi) is 32.2. The molecule has 10 aromatic heterocycles. The standard InChI is InChI=1S/C19H18F3N3OS.C17H13ClF3N3OS.C17H21F3N4OS.C15H16F3N3O2S.C13H11F3N4OS/c1-24(11-10-13-6-4-3-5-7-13)18(26)16-9-8-15(27-16)14-12-17(19(20,21)22)25(2)23-14;1-24-15(17(19,20)21)8-12(23-24)13-5-6-14(26-13)16(25)22-9-10-3-2-4-11(18)7-10;1-23-15(17(18,19)20)11-12(22-23)13-5-6-14(26-13)16(25)21-7-4-10-24-8-2-3-9-24;1-20-13(15(16,17)18)7-10(19-20)11-4-5-12(24-11)14(23)21-6-2-3-9(21)8-22;1-20-11(13(14,15)16)7-8(19-20)9-3-4-10(22-9)12(21)18-6-2-5-17/h3-9,12H,10-11H2,1-2H3;2-8H,9H2,1H3,(H,22,25);5-6,11H,2-4,7-10H2,1H3,(H,21,25);4-5,7,9,22H,2-3,6,8H2,1H3;3-4,7H,2,6H2,1H3,(H,18,21). The number of halogens is 16. The molecule has 12 heterocycles. The van der Waals surface area contributed by atoms with Gasteiger partial charge in [0.25, 0.3) is 29.5 Å². The van der Waals surface area contributed by atoms with Crippen LogP contribution in [0, 0.1) is 11.3 Å². The molecule has 2 saturated heterocycles. The van der Waals surface area contributed by atoms with Crippen LogP contribution in [0.5, 0.6) is 0 Å². The van der Waals surface area contributed by atoms with Crippen LogP contribution in [0.25, 0.3) is 52.9 Å². The van der Waals surface area contributed by atoms with E-state index < -0.39 is 59.4 Å². The highest BCUT2D eigenvalue weighted by atomic mass is 35.5. The third-order valence-electron chi connectivity index (χ3n) is 19.0. The molecule has 0 saturated carbocycles. The van der Waals surface area contributed by atoms with Crippen LogP contribution in [0.2, 0.25) is 5.02 Å². The number of hydrogen-bond acceptors (Lipinski definition) is 18. The minimum atomic E-state index is -4.48. The first-order chi connectivity index (χ1) is 59.0. The number of benzene rings is 2. The molecule has 125 heavy (non-hydrogen) atoms. The smallest absolute Gasteiger partial charge is 0.394 e. The SMILES string of the molecule is CN(CCc1ccccc1)C(=O)c1ccc(-c2cc(C(F)(F)F)n(C)n2)s1.Cn1nc(-c2ccc(C(=O)N3CCCC3CO)s2)cc1C(F)(F)F.Cn1nc(-c2ccc(C(=O)NCCC#N)s2)cc1C(F)(F)F.Cn1nc(-c2ccc(C(=O)NCCCN3CCCC3)s2)cc1C(F)(F)F.Cn1nc(-c2ccc(C(=O)NCc3cccc(Cl)c3)s2)cc1C(F)(F)F. The minimum Gasteiger partial charge on any atom is -0.394 e. The maximum Gasteiger partial charge on any atom is 0.433 e. The summed E-state index contributed by atoms with van der Waals surface area (Å²) in [6.07, 6.45) is -16.4. The summed E-state index contributed by atoms with van der Waals surface area (Å²) in [5.41, 5.74) is -1.21. The Labute approximate surface area is 729 Å². The Morgan fingerprint density at radius 3 is 1.22 bits per heavy atom. The molecule has 2 aliphatic heterocycles. The molecule has 2 fully saturated rings. The van der Waals surface area contributed by atoms with Crippen molar-refractivity contribution >= 4 is 97.8 Å². The van der Waals surface area contributed by atoms with Crippen LogP contribution in [0.3, 0.4) is 0 Å². The topological polar surface area (TPSA) is 264 Å². The van der Waals surface area contributed by atoms with Gasteiger partial charge in [-0.05, 0) is 172 Å². The van der Waals surface area contributed by atoms with Crippen molar-refractivity contribution in [3.63, 3.8) is 0 Å². The number of aryl methyl sites for hydroxylation is 5. The lowest BCUT2D eigenvalue weighted by molar-refractivity contribution is -0.144. The van der Waals surface area contributed by atoms with E-state index in [9.17, 15) is 94.9 Å². The number of nitrogens with zero attached hydrogens (tertiary/aromatic N) is 14. The van der Waals surface area contributed by atoms with E-state index in [-0.39, 0.29) is 83.6 Å². The fraction of sp³-hybridized carbons (Fsp3) is 0.346. The van der Waals surface area contributed by atoms with E-state index in [1.54, 1.807) is 89.6 Å². The number of hydrogen-bond donors (Lipinski definition) is 4. The Balaban J connectivity index is 0.000000164.